The topological polar surface area (TPSA) is 108 Å². The molecule has 204 valence electrons. The Bertz CT molecular complexity index is 1300. The van der Waals surface area contributed by atoms with Crippen LogP contribution in [0.5, 0.6) is 0 Å². The van der Waals surface area contributed by atoms with E-state index in [4.69, 9.17) is 9.47 Å². The summed E-state index contributed by atoms with van der Waals surface area (Å²) in [5, 5.41) is 13.9. The van der Waals surface area contributed by atoms with Crippen molar-refractivity contribution in [2.24, 2.45) is 5.41 Å². The van der Waals surface area contributed by atoms with E-state index in [-0.39, 0.29) is 50.8 Å². The summed E-state index contributed by atoms with van der Waals surface area (Å²) in [5.41, 5.74) is 1.12. The Kier molecular flexibility index (Phi) is 7.65. The molecule has 0 aromatic heterocycles. The molecule has 2 N–H and O–H groups in total. The van der Waals surface area contributed by atoms with Crippen LogP contribution in [0.4, 0.5) is 9.18 Å². The van der Waals surface area contributed by atoms with Crippen LogP contribution in [0, 0.1) is 11.2 Å². The highest BCUT2D eigenvalue weighted by molar-refractivity contribution is 6.07. The minimum absolute atomic E-state index is 0.0173. The summed E-state index contributed by atoms with van der Waals surface area (Å²) >= 11 is 0. The molecule has 0 unspecified atom stereocenters. The fourth-order valence-electron chi connectivity index (χ4n) is 5.45. The van der Waals surface area contributed by atoms with Gasteiger partial charge in [-0.15, -0.1) is 0 Å². The number of halogens is 1. The Balaban J connectivity index is 1.38. The number of carbonyl (C=O) groups excluding carboxylic acids is 3. The molecule has 0 atom stereocenters. The summed E-state index contributed by atoms with van der Waals surface area (Å²) < 4.78 is 24.4. The van der Waals surface area contributed by atoms with Crippen molar-refractivity contribution in [2.75, 3.05) is 32.8 Å². The summed E-state index contributed by atoms with van der Waals surface area (Å²) in [6.45, 7) is 1.54. The number of likely N-dealkylation sites (tertiary alicyclic amines) is 1. The third kappa shape index (κ3) is 5.37. The molecule has 1 saturated heterocycles. The number of benzene rings is 2. The van der Waals surface area contributed by atoms with Crippen LogP contribution in [-0.4, -0.2) is 65.7 Å². The predicted octanol–water partition coefficient (Wildman–Crippen LogP) is 3.43. The van der Waals surface area contributed by atoms with Gasteiger partial charge in [-0.05, 0) is 42.2 Å². The van der Waals surface area contributed by atoms with E-state index >= 15 is 0 Å². The number of fused-ring (bicyclic) bond motifs is 2. The zero-order chi connectivity index (χ0) is 27.4. The van der Waals surface area contributed by atoms with Crippen LogP contribution in [0.3, 0.4) is 0 Å². The molecule has 9 nitrogen and oxygen atoms in total. The maximum absolute atomic E-state index is 13.6. The minimum atomic E-state index is -1.01. The van der Waals surface area contributed by atoms with E-state index in [0.717, 1.165) is 5.56 Å². The molecule has 1 fully saturated rings. The number of hydrogen-bond donors (Lipinski definition) is 2. The minimum Gasteiger partial charge on any atom is -0.503 e. The summed E-state index contributed by atoms with van der Waals surface area (Å²) in [6.07, 6.45) is 1.92. The first-order valence-electron chi connectivity index (χ1n) is 12.9. The van der Waals surface area contributed by atoms with E-state index in [1.165, 1.54) is 17.0 Å². The smallest absolute Gasteiger partial charge is 0.410 e. The van der Waals surface area contributed by atoms with Crippen molar-refractivity contribution in [1.29, 1.82) is 0 Å². The number of hydrogen-bond acceptors (Lipinski definition) is 6. The third-order valence-electron chi connectivity index (χ3n) is 7.47. The molecule has 2 aromatic rings. The van der Waals surface area contributed by atoms with Crippen molar-refractivity contribution in [3.05, 3.63) is 94.6 Å². The van der Waals surface area contributed by atoms with Gasteiger partial charge in [0.2, 0.25) is 0 Å². The van der Waals surface area contributed by atoms with Gasteiger partial charge < -0.3 is 29.7 Å². The number of piperidine rings is 1. The maximum Gasteiger partial charge on any atom is 0.410 e. The average molecular weight is 536 g/mol. The van der Waals surface area contributed by atoms with Gasteiger partial charge in [0.25, 0.3) is 11.8 Å². The molecule has 0 saturated carbocycles. The van der Waals surface area contributed by atoms with Crippen molar-refractivity contribution in [3.63, 3.8) is 0 Å². The van der Waals surface area contributed by atoms with Crippen LogP contribution in [-0.2, 0) is 32.2 Å². The lowest BCUT2D eigenvalue weighted by atomic mass is 9.66. The number of nitrogens with zero attached hydrogens (tertiary/aromatic N) is 2. The van der Waals surface area contributed by atoms with E-state index in [9.17, 15) is 23.9 Å². The lowest BCUT2D eigenvalue weighted by molar-refractivity contribution is -0.133. The molecule has 3 aliphatic heterocycles. The van der Waals surface area contributed by atoms with Gasteiger partial charge in [0.1, 0.15) is 12.4 Å². The van der Waals surface area contributed by atoms with E-state index in [1.807, 2.05) is 30.3 Å². The summed E-state index contributed by atoms with van der Waals surface area (Å²) in [7, 11) is 0. The zero-order valence-electron chi connectivity index (χ0n) is 21.4. The molecule has 0 aliphatic carbocycles. The van der Waals surface area contributed by atoms with E-state index < -0.39 is 29.1 Å². The Morgan fingerprint density at radius 3 is 2.46 bits per heavy atom. The van der Waals surface area contributed by atoms with Crippen LogP contribution in [0.15, 0.2) is 77.7 Å². The number of aliphatic hydroxyl groups is 1. The zero-order valence-corrected chi connectivity index (χ0v) is 21.4. The fraction of sp³-hybridized carbons (Fsp3) is 0.345. The van der Waals surface area contributed by atoms with E-state index in [1.54, 1.807) is 23.1 Å². The van der Waals surface area contributed by atoms with Gasteiger partial charge in [-0.2, -0.15) is 0 Å². The SMILES string of the molecule is O=C(NCc1ccc(F)cc1)C1=C(O)C(=O)N2CCOCC=C2C12CCN(C(=O)OCc1ccccc1)CC2. The summed E-state index contributed by atoms with van der Waals surface area (Å²) in [5.74, 6) is -2.24. The number of nitrogens with one attached hydrogen (secondary N) is 1. The van der Waals surface area contributed by atoms with Gasteiger partial charge in [-0.1, -0.05) is 42.5 Å². The van der Waals surface area contributed by atoms with E-state index in [0.29, 0.717) is 30.7 Å². The molecule has 0 radical (unpaired) electrons. The first-order valence-corrected chi connectivity index (χ1v) is 12.9. The third-order valence-corrected chi connectivity index (χ3v) is 7.47. The summed E-state index contributed by atoms with van der Waals surface area (Å²) in [6, 6.07) is 15.1. The molecular formula is C29H30FN3O6. The Labute approximate surface area is 225 Å². The van der Waals surface area contributed by atoms with Crippen LogP contribution < -0.4 is 5.32 Å². The van der Waals surface area contributed by atoms with Crippen LogP contribution in [0.2, 0.25) is 0 Å². The standard InChI is InChI=1S/C29H30FN3O6/c30-22-8-6-20(7-9-22)18-31-26(35)24-25(34)27(36)33-15-17-38-16-10-23(33)29(24)11-13-32(14-12-29)28(37)39-19-21-4-2-1-3-5-21/h1-10,34H,11-19H2,(H,31,35). The predicted molar refractivity (Wildman–Crippen MR) is 138 cm³/mol. The van der Waals surface area contributed by atoms with Crippen molar-refractivity contribution in [2.45, 2.75) is 26.0 Å². The second kappa shape index (κ2) is 11.3. The normalized spacial score (nSPS) is 18.8. The lowest BCUT2D eigenvalue weighted by Crippen LogP contribution is -2.54. The average Bonchev–Trinajstić information content (AvgIpc) is 3.23. The van der Waals surface area contributed by atoms with Crippen LogP contribution in [0.1, 0.15) is 24.0 Å². The molecule has 1 spiro atoms. The molecular weight excluding hydrogens is 505 g/mol. The highest BCUT2D eigenvalue weighted by atomic mass is 19.1. The number of rotatable bonds is 5. The maximum atomic E-state index is 13.6. The molecule has 3 aliphatic rings. The van der Waals surface area contributed by atoms with Crippen molar-refractivity contribution in [1.82, 2.24) is 15.1 Å². The van der Waals surface area contributed by atoms with Crippen molar-refractivity contribution < 1.29 is 33.4 Å². The summed E-state index contributed by atoms with van der Waals surface area (Å²) in [4.78, 5) is 42.6. The first kappa shape index (κ1) is 26.4. The number of amides is 3. The second-order valence-corrected chi connectivity index (χ2v) is 9.76. The highest BCUT2D eigenvalue weighted by Crippen LogP contribution is 2.50. The first-order chi connectivity index (χ1) is 18.9. The van der Waals surface area contributed by atoms with Gasteiger partial charge in [0.05, 0.1) is 18.8 Å². The molecule has 0 bridgehead atoms. The highest BCUT2D eigenvalue weighted by Gasteiger charge is 2.53. The molecule has 39 heavy (non-hydrogen) atoms. The number of ether oxygens (including phenoxy) is 2. The van der Waals surface area contributed by atoms with Gasteiger partial charge in [0.15, 0.2) is 5.76 Å². The number of aliphatic hydroxyl groups excluding tert-OH is 1. The molecule has 3 heterocycles. The monoisotopic (exact) mass is 535 g/mol. The second-order valence-electron chi connectivity index (χ2n) is 9.76. The fourth-order valence-corrected chi connectivity index (χ4v) is 5.45. The van der Waals surface area contributed by atoms with Gasteiger partial charge in [-0.25, -0.2) is 9.18 Å². The lowest BCUT2D eigenvalue weighted by Gasteiger charge is -2.48. The van der Waals surface area contributed by atoms with Crippen molar-refractivity contribution in [3.8, 4) is 0 Å². The molecule has 3 amide bonds. The van der Waals surface area contributed by atoms with E-state index in [2.05, 4.69) is 5.32 Å². The number of allylic oxidation sites excluding steroid dienone is 1. The van der Waals surface area contributed by atoms with Gasteiger partial charge in [-0.3, -0.25) is 9.59 Å². The number of carbonyl (C=O) groups is 3. The van der Waals surface area contributed by atoms with Gasteiger partial charge in [0, 0.05) is 37.3 Å². The largest absolute Gasteiger partial charge is 0.503 e. The molecule has 5 rings (SSSR count). The quantitative estimate of drug-likeness (QED) is 0.608. The molecule has 2 aromatic carbocycles. The van der Waals surface area contributed by atoms with Gasteiger partial charge >= 0.3 is 6.09 Å². The molecule has 10 heteroatoms. The van der Waals surface area contributed by atoms with Crippen LogP contribution in [0.25, 0.3) is 0 Å². The van der Waals surface area contributed by atoms with Crippen molar-refractivity contribution >= 4 is 17.9 Å². The Morgan fingerprint density at radius 2 is 1.74 bits per heavy atom. The Hall–Kier alpha value is -4.18. The van der Waals surface area contributed by atoms with Crippen LogP contribution >= 0.6 is 0 Å². The Morgan fingerprint density at radius 1 is 1.03 bits per heavy atom.